The monoisotopic (exact) mass is 333 g/mol. The van der Waals surface area contributed by atoms with Crippen LogP contribution >= 0.6 is 0 Å². The van der Waals surface area contributed by atoms with Crippen LogP contribution in [0.2, 0.25) is 0 Å². The van der Waals surface area contributed by atoms with E-state index in [-0.39, 0.29) is 0 Å². The number of rotatable bonds is 4. The van der Waals surface area contributed by atoms with Crippen molar-refractivity contribution in [1.29, 1.82) is 0 Å². The molecule has 1 aromatic heterocycles. The molecule has 0 saturated carbocycles. The molecule has 1 N–H and O–H groups in total. The lowest BCUT2D eigenvalue weighted by Gasteiger charge is -2.35. The Kier molecular flexibility index (Phi) is 4.48. The lowest BCUT2D eigenvalue weighted by molar-refractivity contribution is 0.271. The largest absolute Gasteiger partial charge is 0.369 e. The first kappa shape index (κ1) is 15.8. The van der Waals surface area contributed by atoms with Gasteiger partial charge >= 0.3 is 0 Å². The molecule has 0 spiro atoms. The number of fused-ring (bicyclic) bond motifs is 1. The minimum Gasteiger partial charge on any atom is -0.369 e. The van der Waals surface area contributed by atoms with E-state index in [0.29, 0.717) is 5.95 Å². The Labute approximate surface area is 148 Å². The predicted molar refractivity (Wildman–Crippen MR) is 104 cm³/mol. The van der Waals surface area contributed by atoms with Crippen molar-refractivity contribution in [3.63, 3.8) is 0 Å². The van der Waals surface area contributed by atoms with Gasteiger partial charge in [0.25, 0.3) is 0 Å². The summed E-state index contributed by atoms with van der Waals surface area (Å²) in [6.45, 7) is 7.83. The molecule has 25 heavy (non-hydrogen) atoms. The van der Waals surface area contributed by atoms with Crippen LogP contribution < -0.4 is 10.2 Å². The van der Waals surface area contributed by atoms with Crippen LogP contribution in [0.15, 0.2) is 54.7 Å². The molecular formula is C20H23N5. The number of para-hydroxylation sites is 1. The van der Waals surface area contributed by atoms with E-state index in [9.17, 15) is 0 Å². The first-order valence-corrected chi connectivity index (χ1v) is 8.88. The summed E-state index contributed by atoms with van der Waals surface area (Å²) in [5.41, 5.74) is 3.23. The quantitative estimate of drug-likeness (QED) is 0.791. The van der Waals surface area contributed by atoms with Crippen molar-refractivity contribution in [1.82, 2.24) is 14.9 Å². The van der Waals surface area contributed by atoms with Gasteiger partial charge < -0.3 is 15.1 Å². The van der Waals surface area contributed by atoms with Crippen LogP contribution in [0.3, 0.4) is 0 Å². The van der Waals surface area contributed by atoms with Gasteiger partial charge in [0.05, 0.1) is 5.52 Å². The van der Waals surface area contributed by atoms with Crippen LogP contribution in [0, 0.1) is 0 Å². The summed E-state index contributed by atoms with van der Waals surface area (Å²) < 4.78 is 0. The summed E-state index contributed by atoms with van der Waals surface area (Å²) in [6.07, 6.45) is 1.85. The first-order valence-electron chi connectivity index (χ1n) is 8.88. The van der Waals surface area contributed by atoms with E-state index < -0.39 is 0 Å². The van der Waals surface area contributed by atoms with E-state index in [1.807, 2.05) is 30.5 Å². The van der Waals surface area contributed by atoms with Gasteiger partial charge in [-0.3, -0.25) is 0 Å². The SMILES string of the molecule is CCN1CCN(c2ccc(Nc3ncc4ccccc4n3)cc2)CC1. The zero-order valence-electron chi connectivity index (χ0n) is 14.5. The van der Waals surface area contributed by atoms with E-state index in [0.717, 1.165) is 49.3 Å². The predicted octanol–water partition coefficient (Wildman–Crippen LogP) is 3.52. The first-order chi connectivity index (χ1) is 12.3. The molecule has 1 aliphatic heterocycles. The molecule has 2 aromatic carbocycles. The zero-order valence-corrected chi connectivity index (χ0v) is 14.5. The summed E-state index contributed by atoms with van der Waals surface area (Å²) in [7, 11) is 0. The maximum Gasteiger partial charge on any atom is 0.227 e. The second-order valence-electron chi connectivity index (χ2n) is 6.35. The number of nitrogens with one attached hydrogen (secondary N) is 1. The molecule has 0 amide bonds. The van der Waals surface area contributed by atoms with E-state index in [1.54, 1.807) is 0 Å². The zero-order chi connectivity index (χ0) is 17.1. The Bertz CT molecular complexity index is 838. The maximum absolute atomic E-state index is 4.56. The van der Waals surface area contributed by atoms with Crippen LogP contribution in [0.4, 0.5) is 17.3 Å². The molecule has 0 aliphatic carbocycles. The molecule has 1 saturated heterocycles. The Balaban J connectivity index is 1.44. The normalized spacial score (nSPS) is 15.5. The van der Waals surface area contributed by atoms with Crippen LogP contribution in [0.25, 0.3) is 10.9 Å². The third-order valence-electron chi connectivity index (χ3n) is 4.80. The van der Waals surface area contributed by atoms with Crippen molar-refractivity contribution in [2.45, 2.75) is 6.92 Å². The Morgan fingerprint density at radius 2 is 1.72 bits per heavy atom. The van der Waals surface area contributed by atoms with Gasteiger partial charge in [-0.15, -0.1) is 0 Å². The fourth-order valence-electron chi connectivity index (χ4n) is 3.24. The molecule has 2 heterocycles. The Morgan fingerprint density at radius 1 is 0.960 bits per heavy atom. The number of hydrogen-bond acceptors (Lipinski definition) is 5. The molecule has 0 unspecified atom stereocenters. The fraction of sp³-hybridized carbons (Fsp3) is 0.300. The highest BCUT2D eigenvalue weighted by molar-refractivity contribution is 5.78. The number of anilines is 3. The van der Waals surface area contributed by atoms with Crippen LogP contribution in [-0.4, -0.2) is 47.6 Å². The molecule has 1 aliphatic rings. The summed E-state index contributed by atoms with van der Waals surface area (Å²) in [5, 5.41) is 4.34. The van der Waals surface area contributed by atoms with Crippen molar-refractivity contribution in [2.75, 3.05) is 42.9 Å². The minimum absolute atomic E-state index is 0.628. The molecule has 5 nitrogen and oxygen atoms in total. The van der Waals surface area contributed by atoms with Crippen molar-refractivity contribution < 1.29 is 0 Å². The number of hydrogen-bond donors (Lipinski definition) is 1. The van der Waals surface area contributed by atoms with Crippen molar-refractivity contribution in [3.05, 3.63) is 54.7 Å². The highest BCUT2D eigenvalue weighted by Crippen LogP contribution is 2.21. The van der Waals surface area contributed by atoms with Gasteiger partial charge in [0.2, 0.25) is 5.95 Å². The van der Waals surface area contributed by atoms with Crippen molar-refractivity contribution in [2.24, 2.45) is 0 Å². The van der Waals surface area contributed by atoms with E-state index >= 15 is 0 Å². The molecule has 0 atom stereocenters. The summed E-state index contributed by atoms with van der Waals surface area (Å²) >= 11 is 0. The average Bonchev–Trinajstić information content (AvgIpc) is 2.69. The maximum atomic E-state index is 4.56. The van der Waals surface area contributed by atoms with E-state index in [1.165, 1.54) is 5.69 Å². The van der Waals surface area contributed by atoms with Crippen LogP contribution in [0.5, 0.6) is 0 Å². The summed E-state index contributed by atoms with van der Waals surface area (Å²) in [4.78, 5) is 13.9. The molecule has 128 valence electrons. The summed E-state index contributed by atoms with van der Waals surface area (Å²) in [5.74, 6) is 0.628. The molecule has 3 aromatic rings. The Hall–Kier alpha value is -2.66. The van der Waals surface area contributed by atoms with Crippen LogP contribution in [0.1, 0.15) is 6.92 Å². The number of piperazine rings is 1. The number of aromatic nitrogens is 2. The van der Waals surface area contributed by atoms with Gasteiger partial charge in [0.15, 0.2) is 0 Å². The number of nitrogens with zero attached hydrogens (tertiary/aromatic N) is 4. The van der Waals surface area contributed by atoms with E-state index in [2.05, 4.69) is 56.3 Å². The van der Waals surface area contributed by atoms with Gasteiger partial charge in [-0.1, -0.05) is 25.1 Å². The second kappa shape index (κ2) is 7.07. The van der Waals surface area contributed by atoms with Gasteiger partial charge in [0, 0.05) is 49.1 Å². The van der Waals surface area contributed by atoms with Gasteiger partial charge in [-0.2, -0.15) is 0 Å². The Morgan fingerprint density at radius 3 is 2.48 bits per heavy atom. The smallest absolute Gasteiger partial charge is 0.227 e. The average molecular weight is 333 g/mol. The molecule has 5 heteroatoms. The summed E-state index contributed by atoms with van der Waals surface area (Å²) in [6, 6.07) is 16.5. The molecular weight excluding hydrogens is 310 g/mol. The second-order valence-corrected chi connectivity index (χ2v) is 6.35. The topological polar surface area (TPSA) is 44.3 Å². The highest BCUT2D eigenvalue weighted by Gasteiger charge is 2.15. The van der Waals surface area contributed by atoms with Crippen molar-refractivity contribution in [3.8, 4) is 0 Å². The lowest BCUT2D eigenvalue weighted by Crippen LogP contribution is -2.46. The standard InChI is InChI=1S/C20H23N5/c1-2-24-11-13-25(14-12-24)18-9-7-17(8-10-18)22-20-21-15-16-5-3-4-6-19(16)23-20/h3-10,15H,2,11-14H2,1H3,(H,21,22,23). The number of likely N-dealkylation sites (N-methyl/N-ethyl adjacent to an activating group) is 1. The third-order valence-corrected chi connectivity index (χ3v) is 4.80. The van der Waals surface area contributed by atoms with Gasteiger partial charge in [-0.25, -0.2) is 9.97 Å². The third kappa shape index (κ3) is 3.56. The van der Waals surface area contributed by atoms with Gasteiger partial charge in [-0.05, 0) is 36.9 Å². The molecule has 0 bridgehead atoms. The van der Waals surface area contributed by atoms with Crippen molar-refractivity contribution >= 4 is 28.2 Å². The minimum atomic E-state index is 0.628. The van der Waals surface area contributed by atoms with Crippen LogP contribution in [-0.2, 0) is 0 Å². The molecule has 4 rings (SSSR count). The lowest BCUT2D eigenvalue weighted by atomic mass is 10.2. The number of benzene rings is 2. The molecule has 1 fully saturated rings. The van der Waals surface area contributed by atoms with Gasteiger partial charge in [0.1, 0.15) is 0 Å². The fourth-order valence-corrected chi connectivity index (χ4v) is 3.24. The van der Waals surface area contributed by atoms with E-state index in [4.69, 9.17) is 0 Å². The molecule has 0 radical (unpaired) electrons. The highest BCUT2D eigenvalue weighted by atomic mass is 15.3.